The second-order valence-corrected chi connectivity index (χ2v) is 6.05. The second kappa shape index (κ2) is 5.81. The molecule has 0 aromatic heterocycles. The standard InChI is InChI=1S/C14H23F3O/c15-14(16,17)12-8-4-3-7-11(12)13(18)9-10-5-1-2-6-10/h10-13,18H,1-9H2. The highest BCUT2D eigenvalue weighted by molar-refractivity contribution is 4.86. The van der Waals surface area contributed by atoms with Crippen LogP contribution in [0.2, 0.25) is 0 Å². The molecule has 106 valence electrons. The van der Waals surface area contributed by atoms with Crippen LogP contribution in [0.5, 0.6) is 0 Å². The van der Waals surface area contributed by atoms with Crippen molar-refractivity contribution in [3.63, 3.8) is 0 Å². The van der Waals surface area contributed by atoms with Crippen LogP contribution >= 0.6 is 0 Å². The summed E-state index contributed by atoms with van der Waals surface area (Å²) < 4.78 is 38.9. The van der Waals surface area contributed by atoms with E-state index in [2.05, 4.69) is 0 Å². The van der Waals surface area contributed by atoms with Gasteiger partial charge in [-0.2, -0.15) is 13.2 Å². The Kier molecular flexibility index (Phi) is 4.57. The first kappa shape index (κ1) is 14.2. The normalized spacial score (nSPS) is 32.7. The molecule has 0 saturated heterocycles. The van der Waals surface area contributed by atoms with Crippen molar-refractivity contribution >= 4 is 0 Å². The Bertz CT molecular complexity index is 258. The van der Waals surface area contributed by atoms with E-state index in [4.69, 9.17) is 0 Å². The van der Waals surface area contributed by atoms with E-state index in [1.807, 2.05) is 0 Å². The number of aliphatic hydroxyl groups excluding tert-OH is 1. The maximum absolute atomic E-state index is 13.0. The minimum atomic E-state index is -4.14. The first-order chi connectivity index (χ1) is 8.48. The fraction of sp³-hybridized carbons (Fsp3) is 1.00. The predicted molar refractivity (Wildman–Crippen MR) is 64.1 cm³/mol. The van der Waals surface area contributed by atoms with Gasteiger partial charge in [-0.25, -0.2) is 0 Å². The fourth-order valence-electron chi connectivity index (χ4n) is 3.79. The zero-order valence-electron chi connectivity index (χ0n) is 10.8. The first-order valence-corrected chi connectivity index (χ1v) is 7.23. The third kappa shape index (κ3) is 3.40. The Hall–Kier alpha value is -0.250. The molecule has 2 aliphatic rings. The molecule has 0 bridgehead atoms. The van der Waals surface area contributed by atoms with E-state index in [-0.39, 0.29) is 6.42 Å². The van der Waals surface area contributed by atoms with Crippen LogP contribution in [0, 0.1) is 17.8 Å². The number of rotatable bonds is 3. The Morgan fingerprint density at radius 2 is 1.50 bits per heavy atom. The summed E-state index contributed by atoms with van der Waals surface area (Å²) in [6.07, 6.45) is 2.43. The number of hydrogen-bond acceptors (Lipinski definition) is 1. The summed E-state index contributed by atoms with van der Waals surface area (Å²) in [7, 11) is 0. The van der Waals surface area contributed by atoms with E-state index in [1.165, 1.54) is 12.8 Å². The molecule has 0 radical (unpaired) electrons. The minimum absolute atomic E-state index is 0.204. The molecular formula is C14H23F3O. The highest BCUT2D eigenvalue weighted by Crippen LogP contribution is 2.44. The van der Waals surface area contributed by atoms with Gasteiger partial charge in [0.05, 0.1) is 12.0 Å². The van der Waals surface area contributed by atoms with Crippen molar-refractivity contribution in [2.75, 3.05) is 0 Å². The topological polar surface area (TPSA) is 20.2 Å². The molecule has 1 nitrogen and oxygen atoms in total. The summed E-state index contributed by atoms with van der Waals surface area (Å²) in [5, 5.41) is 10.2. The zero-order chi connectivity index (χ0) is 13.2. The molecule has 0 aromatic rings. The molecule has 0 spiro atoms. The lowest BCUT2D eigenvalue weighted by Gasteiger charge is -2.36. The highest BCUT2D eigenvalue weighted by Gasteiger charge is 2.47. The van der Waals surface area contributed by atoms with Gasteiger partial charge in [0.15, 0.2) is 0 Å². The molecule has 2 aliphatic carbocycles. The number of alkyl halides is 3. The van der Waals surface area contributed by atoms with Crippen molar-refractivity contribution in [2.24, 2.45) is 17.8 Å². The smallest absolute Gasteiger partial charge is 0.392 e. The molecule has 2 rings (SSSR count). The Morgan fingerprint density at radius 1 is 0.944 bits per heavy atom. The average molecular weight is 264 g/mol. The van der Waals surface area contributed by atoms with Gasteiger partial charge in [0, 0.05) is 0 Å². The molecule has 0 aliphatic heterocycles. The van der Waals surface area contributed by atoms with Crippen LogP contribution < -0.4 is 0 Å². The van der Waals surface area contributed by atoms with E-state index in [0.717, 1.165) is 19.3 Å². The Labute approximate surface area is 107 Å². The first-order valence-electron chi connectivity index (χ1n) is 7.23. The molecule has 0 aromatic carbocycles. The van der Waals surface area contributed by atoms with Crippen molar-refractivity contribution in [1.82, 2.24) is 0 Å². The largest absolute Gasteiger partial charge is 0.393 e. The Balaban J connectivity index is 1.94. The molecule has 18 heavy (non-hydrogen) atoms. The van der Waals surface area contributed by atoms with E-state index >= 15 is 0 Å². The quantitative estimate of drug-likeness (QED) is 0.806. The molecule has 1 N–H and O–H groups in total. The minimum Gasteiger partial charge on any atom is -0.393 e. The summed E-state index contributed by atoms with van der Waals surface area (Å²) in [5.74, 6) is -1.38. The lowest BCUT2D eigenvalue weighted by molar-refractivity contribution is -0.207. The average Bonchev–Trinajstić information content (AvgIpc) is 2.80. The lowest BCUT2D eigenvalue weighted by Crippen LogP contribution is -2.39. The summed E-state index contributed by atoms with van der Waals surface area (Å²) in [5.41, 5.74) is 0. The van der Waals surface area contributed by atoms with Gasteiger partial charge in [0.25, 0.3) is 0 Å². The summed E-state index contributed by atoms with van der Waals surface area (Å²) >= 11 is 0. The SMILES string of the molecule is OC(CC1CCCC1)C1CCCCC1C(F)(F)F. The number of aliphatic hydroxyl groups is 1. The van der Waals surface area contributed by atoms with Crippen molar-refractivity contribution in [2.45, 2.75) is 70.1 Å². The van der Waals surface area contributed by atoms with Gasteiger partial charge in [0.1, 0.15) is 0 Å². The summed E-state index contributed by atoms with van der Waals surface area (Å²) in [4.78, 5) is 0. The van der Waals surface area contributed by atoms with Crippen LogP contribution in [-0.2, 0) is 0 Å². The maximum Gasteiger partial charge on any atom is 0.392 e. The van der Waals surface area contributed by atoms with E-state index in [9.17, 15) is 18.3 Å². The number of hydrogen-bond donors (Lipinski definition) is 1. The van der Waals surface area contributed by atoms with Gasteiger partial charge in [0.2, 0.25) is 0 Å². The van der Waals surface area contributed by atoms with Gasteiger partial charge in [-0.3, -0.25) is 0 Å². The summed E-state index contributed by atoms with van der Waals surface area (Å²) in [6, 6.07) is 0. The van der Waals surface area contributed by atoms with Gasteiger partial charge >= 0.3 is 6.18 Å². The highest BCUT2D eigenvalue weighted by atomic mass is 19.4. The fourth-order valence-corrected chi connectivity index (χ4v) is 3.79. The van der Waals surface area contributed by atoms with Crippen molar-refractivity contribution in [3.05, 3.63) is 0 Å². The van der Waals surface area contributed by atoms with E-state index in [1.54, 1.807) is 0 Å². The zero-order valence-corrected chi connectivity index (χ0v) is 10.8. The van der Waals surface area contributed by atoms with Gasteiger partial charge in [-0.15, -0.1) is 0 Å². The van der Waals surface area contributed by atoms with Crippen molar-refractivity contribution < 1.29 is 18.3 Å². The molecule has 2 fully saturated rings. The van der Waals surface area contributed by atoms with Crippen molar-refractivity contribution in [1.29, 1.82) is 0 Å². The van der Waals surface area contributed by atoms with Gasteiger partial charge in [-0.1, -0.05) is 38.5 Å². The van der Waals surface area contributed by atoms with Crippen LogP contribution in [-0.4, -0.2) is 17.4 Å². The maximum atomic E-state index is 13.0. The van der Waals surface area contributed by atoms with Crippen LogP contribution in [0.4, 0.5) is 13.2 Å². The van der Waals surface area contributed by atoms with Crippen LogP contribution in [0.15, 0.2) is 0 Å². The molecule has 0 heterocycles. The molecule has 3 unspecified atom stereocenters. The van der Waals surface area contributed by atoms with Crippen LogP contribution in [0.3, 0.4) is 0 Å². The number of halogens is 3. The van der Waals surface area contributed by atoms with Gasteiger partial charge < -0.3 is 5.11 Å². The molecule has 0 amide bonds. The van der Waals surface area contributed by atoms with E-state index < -0.39 is 24.1 Å². The monoisotopic (exact) mass is 264 g/mol. The van der Waals surface area contributed by atoms with E-state index in [0.29, 0.717) is 25.2 Å². The van der Waals surface area contributed by atoms with Crippen LogP contribution in [0.25, 0.3) is 0 Å². The van der Waals surface area contributed by atoms with Crippen LogP contribution in [0.1, 0.15) is 57.8 Å². The third-order valence-electron chi connectivity index (χ3n) is 4.78. The van der Waals surface area contributed by atoms with Gasteiger partial charge in [-0.05, 0) is 31.1 Å². The third-order valence-corrected chi connectivity index (χ3v) is 4.78. The second-order valence-electron chi connectivity index (χ2n) is 6.05. The molecular weight excluding hydrogens is 241 g/mol. The molecule has 4 heteroatoms. The summed E-state index contributed by atoms with van der Waals surface area (Å²) in [6.45, 7) is 0. The Morgan fingerprint density at radius 3 is 2.11 bits per heavy atom. The predicted octanol–water partition coefficient (Wildman–Crippen LogP) is 4.30. The van der Waals surface area contributed by atoms with Crippen molar-refractivity contribution in [3.8, 4) is 0 Å². The molecule has 2 saturated carbocycles. The molecule has 3 atom stereocenters. The lowest BCUT2D eigenvalue weighted by atomic mass is 9.74.